The largest absolute Gasteiger partial charge is 0.457 e. The first-order valence-electron chi connectivity index (χ1n) is 11.7. The average Bonchev–Trinajstić information content (AvgIpc) is 2.89. The molecule has 0 radical (unpaired) electrons. The van der Waals surface area contributed by atoms with Crippen LogP contribution < -0.4 is 4.74 Å². The van der Waals surface area contributed by atoms with Crippen LogP contribution >= 0.6 is 0 Å². The summed E-state index contributed by atoms with van der Waals surface area (Å²) in [6.07, 6.45) is 0. The molecule has 1 nitrogen and oxygen atoms in total. The lowest BCUT2D eigenvalue weighted by atomic mass is 9.87. The summed E-state index contributed by atoms with van der Waals surface area (Å²) in [6.45, 7) is 2.19. The van der Waals surface area contributed by atoms with Crippen LogP contribution in [0.2, 0.25) is 0 Å². The Balaban J connectivity index is 1.53. The van der Waals surface area contributed by atoms with E-state index in [-0.39, 0.29) is 0 Å². The van der Waals surface area contributed by atoms with Gasteiger partial charge in [0.2, 0.25) is 0 Å². The zero-order valence-corrected chi connectivity index (χ0v) is 18.9. The fourth-order valence-electron chi connectivity index (χ4n) is 5.40. The second-order valence-corrected chi connectivity index (χ2v) is 8.99. The van der Waals surface area contributed by atoms with E-state index in [0.29, 0.717) is 0 Å². The van der Waals surface area contributed by atoms with Crippen molar-refractivity contribution in [3.05, 3.63) is 121 Å². The minimum Gasteiger partial charge on any atom is -0.457 e. The highest BCUT2D eigenvalue weighted by Crippen LogP contribution is 2.43. The van der Waals surface area contributed by atoms with Crippen LogP contribution in [0.1, 0.15) is 5.56 Å². The average molecular weight is 435 g/mol. The Morgan fingerprint density at radius 3 is 1.85 bits per heavy atom. The van der Waals surface area contributed by atoms with Crippen LogP contribution in [-0.4, -0.2) is 0 Å². The van der Waals surface area contributed by atoms with Crippen molar-refractivity contribution in [2.45, 2.75) is 6.92 Å². The number of fused-ring (bicyclic) bond motifs is 1. The third-order valence-electron chi connectivity index (χ3n) is 7.03. The maximum absolute atomic E-state index is 6.32. The molecule has 0 saturated carbocycles. The van der Waals surface area contributed by atoms with Crippen molar-refractivity contribution in [3.8, 4) is 22.6 Å². The molecule has 0 spiro atoms. The van der Waals surface area contributed by atoms with Crippen molar-refractivity contribution >= 4 is 43.1 Å². The van der Waals surface area contributed by atoms with Crippen molar-refractivity contribution in [1.82, 2.24) is 0 Å². The van der Waals surface area contributed by atoms with Crippen molar-refractivity contribution in [2.75, 3.05) is 0 Å². The van der Waals surface area contributed by atoms with E-state index in [4.69, 9.17) is 4.74 Å². The van der Waals surface area contributed by atoms with Crippen LogP contribution in [0.25, 0.3) is 54.2 Å². The molecule has 0 saturated heterocycles. The van der Waals surface area contributed by atoms with Crippen LogP contribution in [0.5, 0.6) is 11.5 Å². The molecule has 0 N–H and O–H groups in total. The summed E-state index contributed by atoms with van der Waals surface area (Å²) in [6, 6.07) is 41.0. The fraction of sp³-hybridized carbons (Fsp3) is 0.0303. The summed E-state index contributed by atoms with van der Waals surface area (Å²) in [7, 11) is 0. The van der Waals surface area contributed by atoms with E-state index in [1.807, 2.05) is 30.3 Å². The van der Waals surface area contributed by atoms with Crippen molar-refractivity contribution in [1.29, 1.82) is 0 Å². The standard InChI is InChI=1S/C33H22O/c1-21-11-16-27(26-10-6-5-9-25(21)26)28-17-12-22-14-19-30-31(34-24-7-3-2-4-8-24)20-15-23-13-18-29(28)32(22)33(23)30/h2-20H,1H3. The van der Waals surface area contributed by atoms with Gasteiger partial charge >= 0.3 is 0 Å². The predicted molar refractivity (Wildman–Crippen MR) is 144 cm³/mol. The molecule has 0 atom stereocenters. The van der Waals surface area contributed by atoms with Gasteiger partial charge in [-0.15, -0.1) is 0 Å². The molecule has 0 unspecified atom stereocenters. The van der Waals surface area contributed by atoms with E-state index in [1.54, 1.807) is 0 Å². The quantitative estimate of drug-likeness (QED) is 0.252. The summed E-state index contributed by atoms with van der Waals surface area (Å²) < 4.78 is 6.32. The molecule has 0 amide bonds. The van der Waals surface area contributed by atoms with E-state index < -0.39 is 0 Å². The molecule has 7 rings (SSSR count). The van der Waals surface area contributed by atoms with Crippen molar-refractivity contribution < 1.29 is 4.74 Å². The first kappa shape index (κ1) is 19.1. The van der Waals surface area contributed by atoms with E-state index in [9.17, 15) is 0 Å². The van der Waals surface area contributed by atoms with E-state index in [0.717, 1.165) is 16.9 Å². The highest BCUT2D eigenvalue weighted by Gasteiger charge is 2.16. The van der Waals surface area contributed by atoms with E-state index in [1.165, 1.54) is 54.4 Å². The zero-order valence-electron chi connectivity index (χ0n) is 18.9. The first-order valence-corrected chi connectivity index (χ1v) is 11.7. The molecule has 0 fully saturated rings. The van der Waals surface area contributed by atoms with Crippen LogP contribution in [0, 0.1) is 6.92 Å². The lowest BCUT2D eigenvalue weighted by molar-refractivity contribution is 0.488. The maximum atomic E-state index is 6.32. The predicted octanol–water partition coefficient (Wildman–Crippen LogP) is 9.50. The molecule has 0 heterocycles. The van der Waals surface area contributed by atoms with Gasteiger partial charge in [-0.3, -0.25) is 0 Å². The van der Waals surface area contributed by atoms with Gasteiger partial charge < -0.3 is 4.74 Å². The molecule has 7 aromatic carbocycles. The topological polar surface area (TPSA) is 9.23 Å². The Morgan fingerprint density at radius 2 is 1.03 bits per heavy atom. The first-order chi connectivity index (χ1) is 16.8. The van der Waals surface area contributed by atoms with Crippen LogP contribution in [-0.2, 0) is 0 Å². The smallest absolute Gasteiger partial charge is 0.135 e. The van der Waals surface area contributed by atoms with Crippen molar-refractivity contribution in [3.63, 3.8) is 0 Å². The third-order valence-corrected chi connectivity index (χ3v) is 7.03. The van der Waals surface area contributed by atoms with E-state index >= 15 is 0 Å². The Bertz CT molecular complexity index is 1830. The normalized spacial score (nSPS) is 11.7. The minimum atomic E-state index is 0.851. The van der Waals surface area contributed by atoms with Crippen LogP contribution in [0.4, 0.5) is 0 Å². The zero-order chi connectivity index (χ0) is 22.6. The summed E-state index contributed by atoms with van der Waals surface area (Å²) >= 11 is 0. The number of aryl methyl sites for hydroxylation is 1. The number of benzene rings is 7. The summed E-state index contributed by atoms with van der Waals surface area (Å²) in [5.74, 6) is 1.74. The molecule has 0 bridgehead atoms. The molecule has 0 aliphatic heterocycles. The van der Waals surface area contributed by atoms with Gasteiger partial charge in [-0.2, -0.15) is 0 Å². The highest BCUT2D eigenvalue weighted by molar-refractivity contribution is 6.27. The summed E-state index contributed by atoms with van der Waals surface area (Å²) in [4.78, 5) is 0. The van der Waals surface area contributed by atoms with E-state index in [2.05, 4.69) is 91.9 Å². The Hall–Kier alpha value is -4.36. The Kier molecular flexibility index (Phi) is 4.13. The summed E-state index contributed by atoms with van der Waals surface area (Å²) in [5.41, 5.74) is 3.85. The van der Waals surface area contributed by atoms with Crippen LogP contribution in [0.15, 0.2) is 115 Å². The molecule has 1 heteroatoms. The van der Waals surface area contributed by atoms with Gasteiger partial charge in [-0.05, 0) is 80.2 Å². The maximum Gasteiger partial charge on any atom is 0.135 e. The molecular weight excluding hydrogens is 412 g/mol. The molecule has 34 heavy (non-hydrogen) atoms. The van der Waals surface area contributed by atoms with Crippen LogP contribution in [0.3, 0.4) is 0 Å². The Labute approximate surface area is 198 Å². The highest BCUT2D eigenvalue weighted by atomic mass is 16.5. The molecular formula is C33H22O. The molecule has 7 aromatic rings. The van der Waals surface area contributed by atoms with Gasteiger partial charge in [-0.25, -0.2) is 0 Å². The van der Waals surface area contributed by atoms with Gasteiger partial charge in [0.05, 0.1) is 0 Å². The lowest BCUT2D eigenvalue weighted by Gasteiger charge is -2.17. The number of hydrogen-bond donors (Lipinski definition) is 0. The molecule has 0 aliphatic carbocycles. The second-order valence-electron chi connectivity index (χ2n) is 8.99. The van der Waals surface area contributed by atoms with Gasteiger partial charge in [0.25, 0.3) is 0 Å². The molecule has 0 aliphatic rings. The van der Waals surface area contributed by atoms with Gasteiger partial charge in [-0.1, -0.05) is 91.0 Å². The van der Waals surface area contributed by atoms with Gasteiger partial charge in [0.15, 0.2) is 0 Å². The minimum absolute atomic E-state index is 0.851. The SMILES string of the molecule is Cc1ccc(-c2ccc3ccc4c(Oc5ccccc5)ccc5ccc2c3c54)c2ccccc12. The lowest BCUT2D eigenvalue weighted by Crippen LogP contribution is -1.91. The third kappa shape index (κ3) is 2.80. The van der Waals surface area contributed by atoms with Gasteiger partial charge in [0.1, 0.15) is 11.5 Å². The fourth-order valence-corrected chi connectivity index (χ4v) is 5.40. The second kappa shape index (κ2) is 7.33. The number of rotatable bonds is 3. The number of para-hydroxylation sites is 1. The number of ether oxygens (including phenoxy) is 1. The molecule has 0 aromatic heterocycles. The van der Waals surface area contributed by atoms with Gasteiger partial charge in [0, 0.05) is 10.8 Å². The molecule has 160 valence electrons. The number of hydrogen-bond acceptors (Lipinski definition) is 1. The summed E-state index contributed by atoms with van der Waals surface area (Å²) in [5, 5.41) is 10.1. The Morgan fingerprint density at radius 1 is 0.441 bits per heavy atom. The monoisotopic (exact) mass is 434 g/mol. The van der Waals surface area contributed by atoms with Crippen molar-refractivity contribution in [2.24, 2.45) is 0 Å².